The summed E-state index contributed by atoms with van der Waals surface area (Å²) in [7, 11) is -3.56. The van der Waals surface area contributed by atoms with Crippen LogP contribution in [0.3, 0.4) is 0 Å². The molecule has 18 heavy (non-hydrogen) atoms. The zero-order valence-electron chi connectivity index (χ0n) is 10.6. The van der Waals surface area contributed by atoms with Gasteiger partial charge in [0.15, 0.2) is 0 Å². The van der Waals surface area contributed by atoms with Crippen LogP contribution in [0.4, 0.5) is 4.39 Å². The third kappa shape index (κ3) is 4.36. The molecule has 102 valence electrons. The van der Waals surface area contributed by atoms with Gasteiger partial charge in [0.05, 0.1) is 4.90 Å². The molecule has 0 radical (unpaired) electrons. The summed E-state index contributed by atoms with van der Waals surface area (Å²) in [6.45, 7) is 3.78. The number of rotatable bonds is 6. The highest BCUT2D eigenvalue weighted by Gasteiger charge is 2.16. The standard InChI is InChI=1S/C12H19FN2O2S/c1-9-8-11(13)5-6-12(9)18(16,17)15-7-3-4-10(2)14/h5-6,8,10,15H,3-4,7,14H2,1-2H3. The summed E-state index contributed by atoms with van der Waals surface area (Å²) >= 11 is 0. The summed E-state index contributed by atoms with van der Waals surface area (Å²) in [5.41, 5.74) is 5.97. The number of sulfonamides is 1. The largest absolute Gasteiger partial charge is 0.328 e. The molecule has 0 aliphatic rings. The van der Waals surface area contributed by atoms with Crippen molar-refractivity contribution in [2.24, 2.45) is 5.73 Å². The predicted molar refractivity (Wildman–Crippen MR) is 69.2 cm³/mol. The Bertz CT molecular complexity index is 501. The minimum absolute atomic E-state index is 0.0575. The highest BCUT2D eigenvalue weighted by atomic mass is 32.2. The van der Waals surface area contributed by atoms with E-state index in [-0.39, 0.29) is 10.9 Å². The van der Waals surface area contributed by atoms with Crippen LogP contribution in [0.1, 0.15) is 25.3 Å². The molecule has 0 aliphatic carbocycles. The van der Waals surface area contributed by atoms with Crippen molar-refractivity contribution in [3.05, 3.63) is 29.6 Å². The molecule has 6 heteroatoms. The fourth-order valence-corrected chi connectivity index (χ4v) is 2.92. The van der Waals surface area contributed by atoms with Gasteiger partial charge < -0.3 is 5.73 Å². The molecule has 0 bridgehead atoms. The molecule has 4 nitrogen and oxygen atoms in total. The summed E-state index contributed by atoms with van der Waals surface area (Å²) in [5.74, 6) is -0.441. The first-order valence-electron chi connectivity index (χ1n) is 5.84. The maximum atomic E-state index is 12.9. The number of hydrogen-bond acceptors (Lipinski definition) is 3. The van der Waals surface area contributed by atoms with E-state index in [9.17, 15) is 12.8 Å². The molecule has 1 aromatic carbocycles. The van der Waals surface area contributed by atoms with E-state index in [1.807, 2.05) is 6.92 Å². The van der Waals surface area contributed by atoms with Crippen molar-refractivity contribution in [3.63, 3.8) is 0 Å². The van der Waals surface area contributed by atoms with Gasteiger partial charge >= 0.3 is 0 Å². The molecule has 0 aromatic heterocycles. The Kier molecular flexibility index (Phi) is 5.25. The fourth-order valence-electron chi connectivity index (χ4n) is 1.62. The lowest BCUT2D eigenvalue weighted by Gasteiger charge is -2.10. The third-order valence-electron chi connectivity index (χ3n) is 2.55. The van der Waals surface area contributed by atoms with E-state index >= 15 is 0 Å². The second-order valence-electron chi connectivity index (χ2n) is 4.43. The summed E-state index contributed by atoms with van der Waals surface area (Å²) < 4.78 is 39.3. The first kappa shape index (κ1) is 15.1. The van der Waals surface area contributed by atoms with Gasteiger partial charge in [0.25, 0.3) is 0 Å². The normalized spacial score (nSPS) is 13.6. The zero-order chi connectivity index (χ0) is 13.8. The smallest absolute Gasteiger partial charge is 0.240 e. The van der Waals surface area contributed by atoms with Gasteiger partial charge in [-0.15, -0.1) is 0 Å². The Hall–Kier alpha value is -0.980. The van der Waals surface area contributed by atoms with Crippen LogP contribution in [0, 0.1) is 12.7 Å². The Labute approximate surface area is 107 Å². The molecule has 0 aliphatic heterocycles. The van der Waals surface area contributed by atoms with Crippen molar-refractivity contribution in [2.45, 2.75) is 37.6 Å². The van der Waals surface area contributed by atoms with Gasteiger partial charge in [0.2, 0.25) is 10.0 Å². The molecule has 0 saturated heterocycles. The van der Waals surface area contributed by atoms with Crippen molar-refractivity contribution in [1.29, 1.82) is 0 Å². The van der Waals surface area contributed by atoms with Crippen LogP contribution in [-0.2, 0) is 10.0 Å². The Morgan fingerprint density at radius 1 is 1.44 bits per heavy atom. The molecule has 1 unspecified atom stereocenters. The molecule has 0 amide bonds. The quantitative estimate of drug-likeness (QED) is 0.773. The van der Waals surface area contributed by atoms with Crippen LogP contribution in [0.5, 0.6) is 0 Å². The van der Waals surface area contributed by atoms with Crippen LogP contribution >= 0.6 is 0 Å². The SMILES string of the molecule is Cc1cc(F)ccc1S(=O)(=O)NCCCC(C)N. The minimum Gasteiger partial charge on any atom is -0.328 e. The third-order valence-corrected chi connectivity index (χ3v) is 4.18. The fraction of sp³-hybridized carbons (Fsp3) is 0.500. The van der Waals surface area contributed by atoms with E-state index in [1.165, 1.54) is 12.1 Å². The summed E-state index contributed by atoms with van der Waals surface area (Å²) in [4.78, 5) is 0.115. The first-order chi connectivity index (χ1) is 8.33. The zero-order valence-corrected chi connectivity index (χ0v) is 11.4. The van der Waals surface area contributed by atoms with Gasteiger partial charge in [-0.1, -0.05) is 0 Å². The van der Waals surface area contributed by atoms with Gasteiger partial charge in [-0.2, -0.15) is 0 Å². The van der Waals surface area contributed by atoms with E-state index in [1.54, 1.807) is 6.92 Å². The molecule has 0 fully saturated rings. The number of halogens is 1. The van der Waals surface area contributed by atoms with E-state index < -0.39 is 15.8 Å². The Morgan fingerprint density at radius 3 is 2.67 bits per heavy atom. The molecule has 0 heterocycles. The van der Waals surface area contributed by atoms with Crippen LogP contribution in [0.25, 0.3) is 0 Å². The molecule has 1 atom stereocenters. The number of nitrogens with two attached hydrogens (primary N) is 1. The summed E-state index contributed by atoms with van der Waals surface area (Å²) in [5, 5.41) is 0. The van der Waals surface area contributed by atoms with E-state index in [4.69, 9.17) is 5.73 Å². The van der Waals surface area contributed by atoms with Crippen molar-refractivity contribution >= 4 is 10.0 Å². The van der Waals surface area contributed by atoms with Crippen molar-refractivity contribution in [3.8, 4) is 0 Å². The summed E-state index contributed by atoms with van der Waals surface area (Å²) in [6.07, 6.45) is 1.43. The molecular formula is C12H19FN2O2S. The van der Waals surface area contributed by atoms with Gasteiger partial charge in [-0.25, -0.2) is 17.5 Å². The maximum absolute atomic E-state index is 12.9. The van der Waals surface area contributed by atoms with Gasteiger partial charge in [-0.05, 0) is 50.5 Å². The second kappa shape index (κ2) is 6.26. The van der Waals surface area contributed by atoms with E-state index in [2.05, 4.69) is 4.72 Å². The average Bonchev–Trinajstić information content (AvgIpc) is 2.23. The molecule has 1 aromatic rings. The number of hydrogen-bond donors (Lipinski definition) is 2. The number of benzene rings is 1. The van der Waals surface area contributed by atoms with Crippen molar-refractivity contribution in [2.75, 3.05) is 6.54 Å². The Balaban J connectivity index is 2.69. The highest BCUT2D eigenvalue weighted by Crippen LogP contribution is 2.15. The van der Waals surface area contributed by atoms with Gasteiger partial charge in [0, 0.05) is 12.6 Å². The lowest BCUT2D eigenvalue weighted by atomic mass is 10.2. The molecule has 0 spiro atoms. The highest BCUT2D eigenvalue weighted by molar-refractivity contribution is 7.89. The maximum Gasteiger partial charge on any atom is 0.240 e. The Morgan fingerprint density at radius 2 is 2.11 bits per heavy atom. The van der Waals surface area contributed by atoms with Crippen LogP contribution in [0.2, 0.25) is 0 Å². The topological polar surface area (TPSA) is 72.2 Å². The monoisotopic (exact) mass is 274 g/mol. The predicted octanol–water partition coefficient (Wildman–Crippen LogP) is 1.54. The van der Waals surface area contributed by atoms with Crippen molar-refractivity contribution in [1.82, 2.24) is 4.72 Å². The lowest BCUT2D eigenvalue weighted by molar-refractivity contribution is 0.566. The number of aryl methyl sites for hydroxylation is 1. The molecule has 0 saturated carbocycles. The number of nitrogens with one attached hydrogen (secondary N) is 1. The first-order valence-corrected chi connectivity index (χ1v) is 7.32. The van der Waals surface area contributed by atoms with Gasteiger partial charge in [0.1, 0.15) is 5.82 Å². The second-order valence-corrected chi connectivity index (χ2v) is 6.16. The minimum atomic E-state index is -3.56. The molecule has 3 N–H and O–H groups in total. The van der Waals surface area contributed by atoms with Crippen LogP contribution in [-0.4, -0.2) is 21.0 Å². The van der Waals surface area contributed by atoms with Crippen LogP contribution in [0.15, 0.2) is 23.1 Å². The van der Waals surface area contributed by atoms with Crippen molar-refractivity contribution < 1.29 is 12.8 Å². The molecular weight excluding hydrogens is 255 g/mol. The lowest BCUT2D eigenvalue weighted by Crippen LogP contribution is -2.27. The van der Waals surface area contributed by atoms with E-state index in [0.717, 1.165) is 12.5 Å². The van der Waals surface area contributed by atoms with Gasteiger partial charge in [-0.3, -0.25) is 0 Å². The van der Waals surface area contributed by atoms with E-state index in [0.29, 0.717) is 18.5 Å². The van der Waals surface area contributed by atoms with Crippen LogP contribution < -0.4 is 10.5 Å². The average molecular weight is 274 g/mol. The summed E-state index contributed by atoms with van der Waals surface area (Å²) in [6, 6.07) is 3.68. The molecule has 1 rings (SSSR count).